The van der Waals surface area contributed by atoms with Crippen molar-refractivity contribution in [2.45, 2.75) is 51.4 Å². The molecule has 0 heterocycles. The molecule has 3 atom stereocenters. The second kappa shape index (κ2) is 12.3. The van der Waals surface area contributed by atoms with E-state index in [1.807, 2.05) is 30.3 Å². The van der Waals surface area contributed by atoms with Crippen molar-refractivity contribution in [1.29, 1.82) is 0 Å². The Balaban J connectivity index is 0.00000900. The van der Waals surface area contributed by atoms with Gasteiger partial charge < -0.3 is 26.4 Å². The van der Waals surface area contributed by atoms with Gasteiger partial charge in [0.15, 0.2) is 6.10 Å². The third kappa shape index (κ3) is 9.39. The molecule has 0 aliphatic carbocycles. The van der Waals surface area contributed by atoms with Gasteiger partial charge in [-0.3, -0.25) is 13.9 Å². The number of nitrogens with two attached hydrogens (primary N) is 1. The predicted octanol–water partition coefficient (Wildman–Crippen LogP) is 2.07. The number of amides is 3. The molecule has 0 bridgehead atoms. The van der Waals surface area contributed by atoms with E-state index in [9.17, 15) is 28.9 Å². The standard InChI is InChI=1S/C19H30N3O7P.H2/c1-13(2)17(22-16(23)11-10-14-7-4-3-5-8-14)30(27,28)29-15(18(24)25)9-6-12-21-19(20)26;/h3-5,7-8,13,15,17H,6,9-12H2,1-2H3,(H,22,23)(H,24,25)(H,27,28)(H3,20,21,26);1H. The van der Waals surface area contributed by atoms with Crippen LogP contribution in [0.4, 0.5) is 4.79 Å². The molecule has 0 fully saturated rings. The summed E-state index contributed by atoms with van der Waals surface area (Å²) in [5.41, 5.74) is 5.88. The van der Waals surface area contributed by atoms with Crippen LogP contribution in [0.25, 0.3) is 0 Å². The molecule has 170 valence electrons. The number of benzene rings is 1. The summed E-state index contributed by atoms with van der Waals surface area (Å²) in [6.45, 7) is 3.35. The van der Waals surface area contributed by atoms with Gasteiger partial charge in [-0.1, -0.05) is 44.2 Å². The van der Waals surface area contributed by atoms with E-state index in [1.165, 1.54) is 0 Å². The van der Waals surface area contributed by atoms with Crippen LogP contribution >= 0.6 is 7.60 Å². The highest BCUT2D eigenvalue weighted by Crippen LogP contribution is 2.50. The van der Waals surface area contributed by atoms with Crippen LogP contribution in [0.1, 0.15) is 40.1 Å². The Hall–Kier alpha value is -2.42. The number of nitrogens with one attached hydrogen (secondary N) is 2. The third-order valence-corrected chi connectivity index (χ3v) is 6.26. The quantitative estimate of drug-likeness (QED) is 0.229. The lowest BCUT2D eigenvalue weighted by Gasteiger charge is -2.28. The molecule has 3 amide bonds. The second-order valence-corrected chi connectivity index (χ2v) is 9.07. The maximum atomic E-state index is 12.8. The fourth-order valence-corrected chi connectivity index (χ4v) is 4.48. The second-order valence-electron chi connectivity index (χ2n) is 7.17. The summed E-state index contributed by atoms with van der Waals surface area (Å²) >= 11 is 0. The number of urea groups is 1. The first-order valence-corrected chi connectivity index (χ1v) is 11.3. The highest BCUT2D eigenvalue weighted by molar-refractivity contribution is 7.53. The number of primary amides is 1. The molecule has 1 aromatic rings. The van der Waals surface area contributed by atoms with E-state index in [0.717, 1.165) is 5.56 Å². The van der Waals surface area contributed by atoms with E-state index >= 15 is 0 Å². The van der Waals surface area contributed by atoms with Crippen LogP contribution < -0.4 is 16.4 Å². The van der Waals surface area contributed by atoms with Gasteiger partial charge in [0.05, 0.1) is 0 Å². The van der Waals surface area contributed by atoms with Crippen LogP contribution in [0.5, 0.6) is 0 Å². The van der Waals surface area contributed by atoms with Crippen molar-refractivity contribution >= 4 is 25.5 Å². The molecule has 11 heteroatoms. The van der Waals surface area contributed by atoms with Crippen molar-refractivity contribution in [3.63, 3.8) is 0 Å². The minimum Gasteiger partial charge on any atom is -0.479 e. The van der Waals surface area contributed by atoms with E-state index < -0.39 is 43.3 Å². The average molecular weight is 445 g/mol. The number of carboxylic acids is 1. The SMILES string of the molecule is CC(C)C(NC(=O)CCc1ccccc1)P(=O)(O)OC(CCCNC(N)=O)C(=O)O.[HH]. The van der Waals surface area contributed by atoms with Crippen molar-refractivity contribution in [3.8, 4) is 0 Å². The first-order valence-electron chi connectivity index (χ1n) is 9.63. The van der Waals surface area contributed by atoms with Gasteiger partial charge in [0.2, 0.25) is 5.91 Å². The number of carboxylic acid groups (broad SMARTS) is 1. The average Bonchev–Trinajstić information content (AvgIpc) is 2.66. The van der Waals surface area contributed by atoms with Crippen molar-refractivity contribution in [2.24, 2.45) is 11.7 Å². The summed E-state index contributed by atoms with van der Waals surface area (Å²) in [6, 6.07) is 8.56. The zero-order chi connectivity index (χ0) is 22.7. The van der Waals surface area contributed by atoms with E-state index in [4.69, 9.17) is 10.3 Å². The molecule has 0 saturated heterocycles. The maximum Gasteiger partial charge on any atom is 0.351 e. The highest BCUT2D eigenvalue weighted by atomic mass is 31.2. The summed E-state index contributed by atoms with van der Waals surface area (Å²) in [5.74, 6) is -3.59. The van der Waals surface area contributed by atoms with Gasteiger partial charge >= 0.3 is 19.6 Å². The van der Waals surface area contributed by atoms with E-state index in [1.54, 1.807) is 13.8 Å². The zero-order valence-corrected chi connectivity index (χ0v) is 18.0. The lowest BCUT2D eigenvalue weighted by atomic mass is 10.1. The normalized spacial score (nSPS) is 15.1. The number of aryl methyl sites for hydroxylation is 1. The molecule has 3 unspecified atom stereocenters. The largest absolute Gasteiger partial charge is 0.479 e. The van der Waals surface area contributed by atoms with Gasteiger partial charge in [-0.15, -0.1) is 0 Å². The molecule has 1 rings (SSSR count). The monoisotopic (exact) mass is 445 g/mol. The van der Waals surface area contributed by atoms with Crippen LogP contribution in [-0.4, -0.2) is 46.3 Å². The Bertz CT molecular complexity index is 764. The number of carbonyl (C=O) groups is 3. The van der Waals surface area contributed by atoms with Gasteiger partial charge in [-0.2, -0.15) is 0 Å². The molecule has 30 heavy (non-hydrogen) atoms. The van der Waals surface area contributed by atoms with Crippen LogP contribution in [0.15, 0.2) is 30.3 Å². The van der Waals surface area contributed by atoms with Gasteiger partial charge in [0, 0.05) is 14.4 Å². The summed E-state index contributed by atoms with van der Waals surface area (Å²) in [7, 11) is -4.51. The smallest absolute Gasteiger partial charge is 0.351 e. The Kier molecular flexibility index (Phi) is 10.5. The molecular weight excluding hydrogens is 413 g/mol. The number of rotatable bonds is 13. The molecule has 6 N–H and O–H groups in total. The molecular formula is C19H32N3O7P. The molecule has 0 aliphatic heterocycles. The van der Waals surface area contributed by atoms with Gasteiger partial charge in [0.1, 0.15) is 5.78 Å². The minimum atomic E-state index is -4.51. The summed E-state index contributed by atoms with van der Waals surface area (Å²) in [5, 5.41) is 14.1. The van der Waals surface area contributed by atoms with E-state index in [2.05, 4.69) is 10.6 Å². The molecule has 0 aliphatic rings. The molecule has 10 nitrogen and oxygen atoms in total. The van der Waals surface area contributed by atoms with Crippen LogP contribution in [0, 0.1) is 5.92 Å². The predicted molar refractivity (Wildman–Crippen MR) is 113 cm³/mol. The number of aliphatic carboxylic acids is 1. The molecule has 0 spiro atoms. The Morgan fingerprint density at radius 1 is 1.23 bits per heavy atom. The first kappa shape index (κ1) is 25.6. The molecule has 0 aromatic heterocycles. The van der Waals surface area contributed by atoms with Gasteiger partial charge in [0.25, 0.3) is 0 Å². The lowest BCUT2D eigenvalue weighted by Crippen LogP contribution is -2.40. The lowest BCUT2D eigenvalue weighted by molar-refractivity contribution is -0.145. The van der Waals surface area contributed by atoms with E-state index in [0.29, 0.717) is 6.42 Å². The minimum absolute atomic E-state index is 0. The molecule has 0 radical (unpaired) electrons. The summed E-state index contributed by atoms with van der Waals surface area (Å²) in [6.07, 6.45) is -0.951. The first-order chi connectivity index (χ1) is 14.0. The van der Waals surface area contributed by atoms with Crippen molar-refractivity contribution in [3.05, 3.63) is 35.9 Å². The molecule has 0 saturated carbocycles. The molecule has 1 aromatic carbocycles. The van der Waals surface area contributed by atoms with Crippen molar-refractivity contribution in [1.82, 2.24) is 10.6 Å². The number of hydrogen-bond donors (Lipinski definition) is 5. The van der Waals surface area contributed by atoms with Gasteiger partial charge in [-0.25, -0.2) is 9.59 Å². The Morgan fingerprint density at radius 2 is 1.87 bits per heavy atom. The maximum absolute atomic E-state index is 12.8. The van der Waals surface area contributed by atoms with Crippen LogP contribution in [-0.2, 0) is 25.1 Å². The summed E-state index contributed by atoms with van der Waals surface area (Å²) < 4.78 is 17.8. The Labute approximate surface area is 177 Å². The van der Waals surface area contributed by atoms with Crippen molar-refractivity contribution in [2.75, 3.05) is 6.54 Å². The topological polar surface area (TPSA) is 168 Å². The zero-order valence-electron chi connectivity index (χ0n) is 17.1. The fourth-order valence-electron chi connectivity index (χ4n) is 2.73. The number of carbonyl (C=O) groups excluding carboxylic acids is 2. The van der Waals surface area contributed by atoms with E-state index in [-0.39, 0.29) is 27.2 Å². The van der Waals surface area contributed by atoms with Crippen LogP contribution in [0.3, 0.4) is 0 Å². The van der Waals surface area contributed by atoms with Crippen molar-refractivity contribution < 1.29 is 34.9 Å². The third-order valence-electron chi connectivity index (χ3n) is 4.27. The van der Waals surface area contributed by atoms with Crippen LogP contribution in [0.2, 0.25) is 0 Å². The Morgan fingerprint density at radius 3 is 2.40 bits per heavy atom. The fraction of sp³-hybridized carbons (Fsp3) is 0.526. The van der Waals surface area contributed by atoms with Gasteiger partial charge in [-0.05, 0) is 30.7 Å². The highest BCUT2D eigenvalue weighted by Gasteiger charge is 2.40. The summed E-state index contributed by atoms with van der Waals surface area (Å²) in [4.78, 5) is 44.8. The number of hydrogen-bond acceptors (Lipinski definition) is 5.